The third-order valence-corrected chi connectivity index (χ3v) is 4.25. The Balaban J connectivity index is 1.91. The van der Waals surface area contributed by atoms with Crippen LogP contribution >= 0.6 is 0 Å². The van der Waals surface area contributed by atoms with Gasteiger partial charge in [-0.05, 0) is 38.0 Å². The Morgan fingerprint density at radius 2 is 1.71 bits per heavy atom. The average molecular weight is 235 g/mol. The normalized spacial score (nSPS) is 30.1. The fourth-order valence-electron chi connectivity index (χ4n) is 3.41. The molecule has 1 nitrogen and oxygen atoms in total. The molecule has 0 saturated heterocycles. The lowest BCUT2D eigenvalue weighted by molar-refractivity contribution is 0.326. The largest absolute Gasteiger partial charge is 0.308 e. The first kappa shape index (κ1) is 13.1. The summed E-state index contributed by atoms with van der Waals surface area (Å²) < 4.78 is 0. The van der Waals surface area contributed by atoms with E-state index in [1.54, 1.807) is 5.57 Å². The van der Waals surface area contributed by atoms with E-state index in [1.807, 2.05) is 0 Å². The SMILES string of the molecule is CC(C)/C=C1\CCCCC1NC1CCCCC1. The predicted octanol–water partition coefficient (Wildman–Crippen LogP) is 4.43. The van der Waals surface area contributed by atoms with Gasteiger partial charge in [-0.15, -0.1) is 0 Å². The maximum atomic E-state index is 3.94. The first-order valence-corrected chi connectivity index (χ1v) is 7.72. The van der Waals surface area contributed by atoms with Crippen LogP contribution < -0.4 is 5.32 Å². The summed E-state index contributed by atoms with van der Waals surface area (Å²) in [6, 6.07) is 1.51. The third-order valence-electron chi connectivity index (χ3n) is 4.25. The Hall–Kier alpha value is -0.300. The summed E-state index contributed by atoms with van der Waals surface area (Å²) in [5.41, 5.74) is 1.71. The van der Waals surface area contributed by atoms with Crippen molar-refractivity contribution in [3.8, 4) is 0 Å². The summed E-state index contributed by atoms with van der Waals surface area (Å²) >= 11 is 0. The summed E-state index contributed by atoms with van der Waals surface area (Å²) in [5.74, 6) is 0.707. The Morgan fingerprint density at radius 1 is 1.00 bits per heavy atom. The van der Waals surface area contributed by atoms with Gasteiger partial charge in [-0.1, -0.05) is 51.2 Å². The van der Waals surface area contributed by atoms with E-state index in [2.05, 4.69) is 25.2 Å². The molecule has 1 unspecified atom stereocenters. The molecule has 1 atom stereocenters. The zero-order chi connectivity index (χ0) is 12.1. The quantitative estimate of drug-likeness (QED) is 0.713. The minimum Gasteiger partial charge on any atom is -0.308 e. The first-order valence-electron chi connectivity index (χ1n) is 7.72. The smallest absolute Gasteiger partial charge is 0.0282 e. The molecule has 17 heavy (non-hydrogen) atoms. The third kappa shape index (κ3) is 4.13. The summed E-state index contributed by atoms with van der Waals surface area (Å²) in [6.07, 6.45) is 15.2. The fourth-order valence-corrected chi connectivity index (χ4v) is 3.41. The van der Waals surface area contributed by atoms with E-state index in [1.165, 1.54) is 57.8 Å². The Kier molecular flexibility index (Phi) is 5.09. The van der Waals surface area contributed by atoms with Crippen molar-refractivity contribution in [2.24, 2.45) is 5.92 Å². The molecule has 2 aliphatic carbocycles. The van der Waals surface area contributed by atoms with Crippen LogP contribution in [0.3, 0.4) is 0 Å². The van der Waals surface area contributed by atoms with Crippen LogP contribution in [0.4, 0.5) is 0 Å². The van der Waals surface area contributed by atoms with E-state index in [0.29, 0.717) is 12.0 Å². The zero-order valence-electron chi connectivity index (χ0n) is 11.7. The van der Waals surface area contributed by atoms with E-state index in [0.717, 1.165) is 6.04 Å². The van der Waals surface area contributed by atoms with Crippen molar-refractivity contribution in [2.75, 3.05) is 0 Å². The minimum absolute atomic E-state index is 0.703. The highest BCUT2D eigenvalue weighted by atomic mass is 15.0. The van der Waals surface area contributed by atoms with E-state index < -0.39 is 0 Å². The molecule has 0 aromatic rings. The van der Waals surface area contributed by atoms with Crippen LogP contribution in [-0.2, 0) is 0 Å². The molecular weight excluding hydrogens is 206 g/mol. The van der Waals surface area contributed by atoms with Crippen LogP contribution in [0, 0.1) is 5.92 Å². The highest BCUT2D eigenvalue weighted by Crippen LogP contribution is 2.27. The molecule has 2 saturated carbocycles. The highest BCUT2D eigenvalue weighted by molar-refractivity contribution is 5.14. The topological polar surface area (TPSA) is 12.0 Å². The van der Waals surface area contributed by atoms with Crippen molar-refractivity contribution >= 4 is 0 Å². The highest BCUT2D eigenvalue weighted by Gasteiger charge is 2.22. The second kappa shape index (κ2) is 6.58. The molecule has 2 rings (SSSR count). The van der Waals surface area contributed by atoms with Gasteiger partial charge in [0.05, 0.1) is 0 Å². The molecule has 0 bridgehead atoms. The van der Waals surface area contributed by atoms with Gasteiger partial charge in [0.15, 0.2) is 0 Å². The lowest BCUT2D eigenvalue weighted by Crippen LogP contribution is -2.41. The maximum Gasteiger partial charge on any atom is 0.0282 e. The van der Waals surface area contributed by atoms with Crippen molar-refractivity contribution in [3.05, 3.63) is 11.6 Å². The molecule has 0 heterocycles. The molecule has 0 aromatic carbocycles. The van der Waals surface area contributed by atoms with E-state index >= 15 is 0 Å². The van der Waals surface area contributed by atoms with Gasteiger partial charge in [0.1, 0.15) is 0 Å². The molecular formula is C16H29N. The maximum absolute atomic E-state index is 3.94. The monoisotopic (exact) mass is 235 g/mol. The van der Waals surface area contributed by atoms with Gasteiger partial charge >= 0.3 is 0 Å². The molecule has 2 fully saturated rings. The van der Waals surface area contributed by atoms with Crippen molar-refractivity contribution in [2.45, 2.75) is 83.7 Å². The lowest BCUT2D eigenvalue weighted by atomic mass is 9.86. The number of allylic oxidation sites excluding steroid dienone is 1. The van der Waals surface area contributed by atoms with Gasteiger partial charge in [-0.3, -0.25) is 0 Å². The van der Waals surface area contributed by atoms with Gasteiger partial charge in [0.25, 0.3) is 0 Å². The van der Waals surface area contributed by atoms with Crippen molar-refractivity contribution in [3.63, 3.8) is 0 Å². The van der Waals surface area contributed by atoms with E-state index in [4.69, 9.17) is 0 Å². The first-order chi connectivity index (χ1) is 8.25. The van der Waals surface area contributed by atoms with Crippen molar-refractivity contribution < 1.29 is 0 Å². The number of nitrogens with one attached hydrogen (secondary N) is 1. The summed E-state index contributed by atoms with van der Waals surface area (Å²) in [6.45, 7) is 4.61. The molecule has 0 aromatic heterocycles. The Labute approximate surface area is 107 Å². The molecule has 1 heteroatoms. The standard InChI is InChI=1S/C16H29N/c1-13(2)12-14-8-6-7-11-16(14)17-15-9-4-3-5-10-15/h12-13,15-17H,3-11H2,1-2H3/b14-12+. The average Bonchev–Trinajstić information content (AvgIpc) is 2.32. The zero-order valence-corrected chi connectivity index (χ0v) is 11.7. The van der Waals surface area contributed by atoms with Crippen LogP contribution in [0.5, 0.6) is 0 Å². The number of rotatable bonds is 3. The number of hydrogen-bond acceptors (Lipinski definition) is 1. The molecule has 98 valence electrons. The molecule has 2 aliphatic rings. The number of hydrogen-bond donors (Lipinski definition) is 1. The van der Waals surface area contributed by atoms with Crippen LogP contribution in [-0.4, -0.2) is 12.1 Å². The second-order valence-corrected chi connectivity index (χ2v) is 6.29. The fraction of sp³-hybridized carbons (Fsp3) is 0.875. The second-order valence-electron chi connectivity index (χ2n) is 6.29. The van der Waals surface area contributed by atoms with Gasteiger partial charge < -0.3 is 5.32 Å². The summed E-state index contributed by atoms with van der Waals surface area (Å²) in [7, 11) is 0. The van der Waals surface area contributed by atoms with Gasteiger partial charge in [-0.2, -0.15) is 0 Å². The Bertz CT molecular complexity index is 248. The predicted molar refractivity (Wildman–Crippen MR) is 75.2 cm³/mol. The van der Waals surface area contributed by atoms with Crippen LogP contribution in [0.1, 0.15) is 71.6 Å². The van der Waals surface area contributed by atoms with Gasteiger partial charge in [0, 0.05) is 12.1 Å². The minimum atomic E-state index is 0.703. The van der Waals surface area contributed by atoms with E-state index in [9.17, 15) is 0 Å². The molecule has 0 amide bonds. The van der Waals surface area contributed by atoms with Crippen LogP contribution in [0.25, 0.3) is 0 Å². The van der Waals surface area contributed by atoms with Gasteiger partial charge in [-0.25, -0.2) is 0 Å². The van der Waals surface area contributed by atoms with Crippen LogP contribution in [0.15, 0.2) is 11.6 Å². The van der Waals surface area contributed by atoms with Gasteiger partial charge in [0.2, 0.25) is 0 Å². The summed E-state index contributed by atoms with van der Waals surface area (Å²) in [5, 5.41) is 3.94. The molecule has 0 aliphatic heterocycles. The Morgan fingerprint density at radius 3 is 2.41 bits per heavy atom. The lowest BCUT2D eigenvalue weighted by Gasteiger charge is -2.33. The molecule has 0 radical (unpaired) electrons. The van der Waals surface area contributed by atoms with Crippen molar-refractivity contribution in [1.29, 1.82) is 0 Å². The van der Waals surface area contributed by atoms with Crippen molar-refractivity contribution in [1.82, 2.24) is 5.32 Å². The molecule has 1 N–H and O–H groups in total. The van der Waals surface area contributed by atoms with Crippen LogP contribution in [0.2, 0.25) is 0 Å². The summed E-state index contributed by atoms with van der Waals surface area (Å²) in [4.78, 5) is 0. The molecule has 0 spiro atoms. The van der Waals surface area contributed by atoms with E-state index in [-0.39, 0.29) is 0 Å².